The first-order valence-electron chi connectivity index (χ1n) is 10.2. The molecule has 1 N–H and O–H groups in total. The number of carbonyl (C=O) groups excluding carboxylic acids is 1. The average Bonchev–Trinajstić information content (AvgIpc) is 3.28. The van der Waals surface area contributed by atoms with E-state index in [9.17, 15) is 4.79 Å². The van der Waals surface area contributed by atoms with Gasteiger partial charge in [-0.25, -0.2) is 4.98 Å². The normalized spacial score (nSPS) is 15.6. The first-order valence-corrected chi connectivity index (χ1v) is 10.2. The second-order valence-corrected chi connectivity index (χ2v) is 7.46. The second kappa shape index (κ2) is 9.37. The topological polar surface area (TPSA) is 69.0 Å². The number of amides is 1. The van der Waals surface area contributed by atoms with Crippen LogP contribution in [0.4, 0.5) is 0 Å². The Bertz CT molecular complexity index is 888. The van der Waals surface area contributed by atoms with E-state index in [4.69, 9.17) is 4.74 Å². The minimum Gasteiger partial charge on any atom is -0.490 e. The molecule has 6 nitrogen and oxygen atoms in total. The molecule has 4 rings (SSSR count). The molecule has 0 bridgehead atoms. The van der Waals surface area contributed by atoms with Crippen LogP contribution in [0.5, 0.6) is 5.75 Å². The van der Waals surface area contributed by atoms with Crippen LogP contribution in [0.3, 0.4) is 0 Å². The summed E-state index contributed by atoms with van der Waals surface area (Å²) >= 11 is 0. The fourth-order valence-corrected chi connectivity index (χ4v) is 3.74. The van der Waals surface area contributed by atoms with Crippen molar-refractivity contribution in [2.45, 2.75) is 50.8 Å². The van der Waals surface area contributed by atoms with Crippen molar-refractivity contribution in [2.24, 2.45) is 0 Å². The summed E-state index contributed by atoms with van der Waals surface area (Å²) in [5.41, 5.74) is 1.63. The maximum Gasteiger partial charge on any atom is 0.251 e. The summed E-state index contributed by atoms with van der Waals surface area (Å²) in [6.45, 7) is 0.513. The highest BCUT2D eigenvalue weighted by atomic mass is 16.5. The van der Waals surface area contributed by atoms with Gasteiger partial charge in [-0.1, -0.05) is 36.8 Å². The molecule has 1 amide bonds. The molecule has 1 fully saturated rings. The predicted molar refractivity (Wildman–Crippen MR) is 111 cm³/mol. The lowest BCUT2D eigenvalue weighted by Crippen LogP contribution is -2.31. The second-order valence-electron chi connectivity index (χ2n) is 7.46. The Labute approximate surface area is 170 Å². The number of hydrogen-bond acceptors (Lipinski definition) is 4. The van der Waals surface area contributed by atoms with Crippen LogP contribution in [0.1, 0.15) is 54.1 Å². The minimum atomic E-state index is -0.205. The Morgan fingerprint density at radius 2 is 1.83 bits per heavy atom. The van der Waals surface area contributed by atoms with Crippen LogP contribution >= 0.6 is 0 Å². The minimum absolute atomic E-state index is 0.122. The summed E-state index contributed by atoms with van der Waals surface area (Å²) in [5.74, 6) is 0.707. The summed E-state index contributed by atoms with van der Waals surface area (Å²) in [6, 6.07) is 17.1. The standard InChI is InChI=1S/C23H26N4O2/c28-23(19-11-13-21(14-12-19)29-20-9-5-2-6-10-20)26-22(15-27-17-24-16-25-27)18-7-3-1-4-8-18/h1,3-4,7-8,11-14,16-17,20,22H,2,5-6,9-10,15H2,(H,26,28). The summed E-state index contributed by atoms with van der Waals surface area (Å²) in [7, 11) is 0. The maximum absolute atomic E-state index is 12.9. The molecule has 1 heterocycles. The summed E-state index contributed by atoms with van der Waals surface area (Å²) in [5, 5.41) is 7.29. The number of carbonyl (C=O) groups is 1. The van der Waals surface area contributed by atoms with Crippen molar-refractivity contribution in [3.63, 3.8) is 0 Å². The molecule has 3 aromatic rings. The summed E-state index contributed by atoms with van der Waals surface area (Å²) in [6.07, 6.45) is 9.45. The Balaban J connectivity index is 1.42. The third-order valence-electron chi connectivity index (χ3n) is 5.31. The van der Waals surface area contributed by atoms with Gasteiger partial charge in [0.05, 0.1) is 18.7 Å². The van der Waals surface area contributed by atoms with Crippen LogP contribution in [-0.2, 0) is 6.54 Å². The van der Waals surface area contributed by atoms with Gasteiger partial charge in [0.25, 0.3) is 5.91 Å². The molecule has 1 aromatic heterocycles. The average molecular weight is 390 g/mol. The van der Waals surface area contributed by atoms with Crippen molar-refractivity contribution in [2.75, 3.05) is 0 Å². The molecule has 1 aliphatic carbocycles. The van der Waals surface area contributed by atoms with E-state index in [2.05, 4.69) is 15.4 Å². The number of aromatic nitrogens is 3. The van der Waals surface area contributed by atoms with Crippen LogP contribution in [-0.4, -0.2) is 26.8 Å². The maximum atomic E-state index is 12.9. The zero-order valence-corrected chi connectivity index (χ0v) is 16.4. The lowest BCUT2D eigenvalue weighted by atomic mass is 9.98. The Morgan fingerprint density at radius 3 is 2.52 bits per heavy atom. The zero-order valence-electron chi connectivity index (χ0n) is 16.4. The van der Waals surface area contributed by atoms with Gasteiger partial charge >= 0.3 is 0 Å². The Morgan fingerprint density at radius 1 is 1.07 bits per heavy atom. The molecule has 0 radical (unpaired) electrons. The molecule has 1 atom stereocenters. The van der Waals surface area contributed by atoms with Crippen molar-refractivity contribution in [1.29, 1.82) is 0 Å². The molecule has 1 saturated carbocycles. The number of benzene rings is 2. The van der Waals surface area contributed by atoms with E-state index in [1.54, 1.807) is 11.0 Å². The van der Waals surface area contributed by atoms with E-state index < -0.39 is 0 Å². The van der Waals surface area contributed by atoms with Crippen molar-refractivity contribution in [3.8, 4) is 5.75 Å². The van der Waals surface area contributed by atoms with E-state index in [0.717, 1.165) is 24.2 Å². The molecule has 0 spiro atoms. The zero-order chi connectivity index (χ0) is 19.9. The smallest absolute Gasteiger partial charge is 0.251 e. The van der Waals surface area contributed by atoms with Crippen LogP contribution < -0.4 is 10.1 Å². The molecular formula is C23H26N4O2. The van der Waals surface area contributed by atoms with E-state index in [1.807, 2.05) is 54.6 Å². The fraction of sp³-hybridized carbons (Fsp3) is 0.348. The van der Waals surface area contributed by atoms with Gasteiger partial charge in [-0.15, -0.1) is 0 Å². The molecular weight excluding hydrogens is 364 g/mol. The fourth-order valence-electron chi connectivity index (χ4n) is 3.74. The number of rotatable bonds is 7. The molecule has 2 aromatic carbocycles. The van der Waals surface area contributed by atoms with Gasteiger partial charge in [0.15, 0.2) is 0 Å². The first kappa shape index (κ1) is 19.2. The van der Waals surface area contributed by atoms with E-state index in [-0.39, 0.29) is 11.9 Å². The van der Waals surface area contributed by atoms with Gasteiger partial charge in [-0.3, -0.25) is 9.48 Å². The SMILES string of the molecule is O=C(NC(Cn1cncn1)c1ccccc1)c1ccc(OC2CCCCC2)cc1. The van der Waals surface area contributed by atoms with Gasteiger partial charge in [0, 0.05) is 5.56 Å². The van der Waals surface area contributed by atoms with Gasteiger partial charge in [0.1, 0.15) is 18.4 Å². The largest absolute Gasteiger partial charge is 0.490 e. The van der Waals surface area contributed by atoms with Crippen molar-refractivity contribution >= 4 is 5.91 Å². The van der Waals surface area contributed by atoms with Crippen molar-refractivity contribution < 1.29 is 9.53 Å². The highest BCUT2D eigenvalue weighted by molar-refractivity contribution is 5.94. The molecule has 1 unspecified atom stereocenters. The van der Waals surface area contributed by atoms with E-state index >= 15 is 0 Å². The third-order valence-corrected chi connectivity index (χ3v) is 5.31. The van der Waals surface area contributed by atoms with Crippen LogP contribution in [0.25, 0.3) is 0 Å². The van der Waals surface area contributed by atoms with Crippen molar-refractivity contribution in [1.82, 2.24) is 20.1 Å². The lowest BCUT2D eigenvalue weighted by molar-refractivity contribution is 0.0931. The molecule has 6 heteroatoms. The molecule has 1 aliphatic rings. The first-order chi connectivity index (χ1) is 14.3. The quantitative estimate of drug-likeness (QED) is 0.658. The molecule has 29 heavy (non-hydrogen) atoms. The number of nitrogens with zero attached hydrogens (tertiary/aromatic N) is 3. The number of ether oxygens (including phenoxy) is 1. The van der Waals surface area contributed by atoms with E-state index in [1.165, 1.54) is 25.6 Å². The summed E-state index contributed by atoms with van der Waals surface area (Å²) in [4.78, 5) is 16.8. The van der Waals surface area contributed by atoms with Gasteiger partial charge in [-0.05, 0) is 55.5 Å². The van der Waals surface area contributed by atoms with Gasteiger partial charge < -0.3 is 10.1 Å². The number of nitrogens with one attached hydrogen (secondary N) is 1. The highest BCUT2D eigenvalue weighted by Crippen LogP contribution is 2.24. The summed E-state index contributed by atoms with van der Waals surface area (Å²) < 4.78 is 7.78. The molecule has 150 valence electrons. The predicted octanol–water partition coefficient (Wildman–Crippen LogP) is 4.16. The van der Waals surface area contributed by atoms with Crippen LogP contribution in [0.2, 0.25) is 0 Å². The Kier molecular flexibility index (Phi) is 6.19. The van der Waals surface area contributed by atoms with Crippen molar-refractivity contribution in [3.05, 3.63) is 78.4 Å². The van der Waals surface area contributed by atoms with Gasteiger partial charge in [-0.2, -0.15) is 5.10 Å². The van der Waals surface area contributed by atoms with Crippen LogP contribution in [0.15, 0.2) is 67.3 Å². The van der Waals surface area contributed by atoms with E-state index in [0.29, 0.717) is 18.2 Å². The monoisotopic (exact) mass is 390 g/mol. The molecule has 0 saturated heterocycles. The third kappa shape index (κ3) is 5.22. The lowest BCUT2D eigenvalue weighted by Gasteiger charge is -2.23. The van der Waals surface area contributed by atoms with Gasteiger partial charge in [0.2, 0.25) is 0 Å². The molecule has 0 aliphatic heterocycles. The highest BCUT2D eigenvalue weighted by Gasteiger charge is 2.18. The Hall–Kier alpha value is -3.15. The number of hydrogen-bond donors (Lipinski definition) is 1. The van der Waals surface area contributed by atoms with Crippen LogP contribution in [0, 0.1) is 0 Å².